The van der Waals surface area contributed by atoms with Crippen LogP contribution < -0.4 is 9.64 Å². The first-order chi connectivity index (χ1) is 14.7. The van der Waals surface area contributed by atoms with Crippen molar-refractivity contribution in [3.8, 4) is 17.2 Å². The molecule has 2 aromatic heterocycles. The van der Waals surface area contributed by atoms with Crippen LogP contribution in [0.5, 0.6) is 5.75 Å². The van der Waals surface area contributed by atoms with E-state index in [1.807, 2.05) is 30.3 Å². The molecule has 1 fully saturated rings. The van der Waals surface area contributed by atoms with Gasteiger partial charge in [0.2, 0.25) is 0 Å². The number of hydrogen-bond acceptors (Lipinski definition) is 7. The maximum atomic E-state index is 14.1. The second-order valence-corrected chi connectivity index (χ2v) is 7.25. The van der Waals surface area contributed by atoms with E-state index in [2.05, 4.69) is 25.0 Å². The zero-order valence-electron chi connectivity index (χ0n) is 16.5. The summed E-state index contributed by atoms with van der Waals surface area (Å²) in [7, 11) is 1.62. The number of ether oxygens (including phenoxy) is 1. The van der Waals surface area contributed by atoms with Crippen LogP contribution in [0.1, 0.15) is 24.6 Å². The smallest absolute Gasteiger partial charge is 0.261 e. The molecule has 0 atom stereocenters. The Morgan fingerprint density at radius 2 is 1.90 bits per heavy atom. The minimum absolute atomic E-state index is 0.193. The average Bonchev–Trinajstić information content (AvgIpc) is 3.29. The highest BCUT2D eigenvalue weighted by molar-refractivity contribution is 5.89. The summed E-state index contributed by atoms with van der Waals surface area (Å²) in [6.07, 6.45) is 3.13. The van der Waals surface area contributed by atoms with Crippen molar-refractivity contribution in [1.82, 2.24) is 20.1 Å². The minimum atomic E-state index is -0.332. The van der Waals surface area contributed by atoms with Crippen LogP contribution in [0.25, 0.3) is 22.4 Å². The summed E-state index contributed by atoms with van der Waals surface area (Å²) >= 11 is 0. The van der Waals surface area contributed by atoms with E-state index in [0.717, 1.165) is 42.7 Å². The normalized spacial score (nSPS) is 14.9. The van der Waals surface area contributed by atoms with E-state index in [9.17, 15) is 4.39 Å². The largest absolute Gasteiger partial charge is 0.496 e. The van der Waals surface area contributed by atoms with Crippen molar-refractivity contribution < 1.29 is 13.7 Å². The van der Waals surface area contributed by atoms with Crippen molar-refractivity contribution in [3.63, 3.8) is 0 Å². The zero-order chi connectivity index (χ0) is 20.5. The van der Waals surface area contributed by atoms with Gasteiger partial charge in [0.15, 0.2) is 5.82 Å². The molecule has 1 saturated heterocycles. The SMILES string of the molecule is COc1ccccc1-c1nc(C2CCN(c3ncnc4c(F)cccc34)CC2)no1. The number of aromatic nitrogens is 4. The number of nitrogens with zero attached hydrogens (tertiary/aromatic N) is 5. The van der Waals surface area contributed by atoms with Crippen LogP contribution in [0.3, 0.4) is 0 Å². The summed E-state index contributed by atoms with van der Waals surface area (Å²) in [5, 5.41) is 4.95. The molecule has 7 nitrogen and oxygen atoms in total. The number of methoxy groups -OCH3 is 1. The van der Waals surface area contributed by atoms with E-state index < -0.39 is 0 Å². The third-order valence-electron chi connectivity index (χ3n) is 5.53. The lowest BCUT2D eigenvalue weighted by Crippen LogP contribution is -2.34. The molecule has 8 heteroatoms. The van der Waals surface area contributed by atoms with Gasteiger partial charge in [0.25, 0.3) is 5.89 Å². The first-order valence-electron chi connectivity index (χ1n) is 9.86. The molecule has 0 radical (unpaired) electrons. The van der Waals surface area contributed by atoms with Crippen molar-refractivity contribution in [2.45, 2.75) is 18.8 Å². The van der Waals surface area contributed by atoms with Gasteiger partial charge in [-0.05, 0) is 37.1 Å². The van der Waals surface area contributed by atoms with Gasteiger partial charge in [-0.3, -0.25) is 0 Å². The van der Waals surface area contributed by atoms with Gasteiger partial charge in [0, 0.05) is 24.4 Å². The fourth-order valence-electron chi connectivity index (χ4n) is 3.97. The van der Waals surface area contributed by atoms with Crippen LogP contribution in [0, 0.1) is 5.82 Å². The predicted octanol–water partition coefficient (Wildman–Crippen LogP) is 4.21. The average molecular weight is 405 g/mol. The van der Waals surface area contributed by atoms with Gasteiger partial charge in [0.1, 0.15) is 29.2 Å². The molecule has 0 amide bonds. The number of rotatable bonds is 4. The van der Waals surface area contributed by atoms with Gasteiger partial charge in [-0.1, -0.05) is 23.4 Å². The van der Waals surface area contributed by atoms with Crippen LogP contribution in [0.2, 0.25) is 0 Å². The lowest BCUT2D eigenvalue weighted by molar-refractivity contribution is 0.393. The second kappa shape index (κ2) is 7.70. The highest BCUT2D eigenvalue weighted by atomic mass is 19.1. The first-order valence-corrected chi connectivity index (χ1v) is 9.86. The monoisotopic (exact) mass is 405 g/mol. The summed E-state index contributed by atoms with van der Waals surface area (Å²) in [5.41, 5.74) is 1.13. The van der Waals surface area contributed by atoms with E-state index in [0.29, 0.717) is 23.0 Å². The molecule has 0 aliphatic carbocycles. The molecular formula is C22H20FN5O2. The van der Waals surface area contributed by atoms with Gasteiger partial charge in [-0.25, -0.2) is 14.4 Å². The standard InChI is InChI=1S/C22H20FN5O2/c1-29-18-8-3-2-5-15(18)22-26-20(27-30-22)14-9-11-28(12-10-14)21-16-6-4-7-17(23)19(16)24-13-25-21/h2-8,13-14H,9-12H2,1H3. The van der Waals surface area contributed by atoms with Gasteiger partial charge in [-0.15, -0.1) is 0 Å². The summed E-state index contributed by atoms with van der Waals surface area (Å²) < 4.78 is 25.0. The number of halogens is 1. The number of fused-ring (bicyclic) bond motifs is 1. The third kappa shape index (κ3) is 3.24. The van der Waals surface area contributed by atoms with Gasteiger partial charge >= 0.3 is 0 Å². The van der Waals surface area contributed by atoms with Gasteiger partial charge in [-0.2, -0.15) is 4.98 Å². The third-order valence-corrected chi connectivity index (χ3v) is 5.53. The molecule has 1 aliphatic heterocycles. The van der Waals surface area contributed by atoms with Crippen molar-refractivity contribution in [2.24, 2.45) is 0 Å². The van der Waals surface area contributed by atoms with Crippen LogP contribution in [-0.2, 0) is 0 Å². The molecule has 0 spiro atoms. The zero-order valence-corrected chi connectivity index (χ0v) is 16.5. The Hall–Kier alpha value is -3.55. The molecule has 1 aliphatic rings. The van der Waals surface area contributed by atoms with Gasteiger partial charge in [0.05, 0.1) is 12.7 Å². The Morgan fingerprint density at radius 1 is 1.07 bits per heavy atom. The summed E-state index contributed by atoms with van der Waals surface area (Å²) in [4.78, 5) is 15.3. The molecule has 2 aromatic carbocycles. The fourth-order valence-corrected chi connectivity index (χ4v) is 3.97. The number of piperidine rings is 1. The molecular weight excluding hydrogens is 385 g/mol. The summed E-state index contributed by atoms with van der Waals surface area (Å²) in [6, 6.07) is 12.5. The van der Waals surface area contributed by atoms with Crippen LogP contribution in [0.4, 0.5) is 10.2 Å². The Bertz CT molecular complexity index is 1190. The Balaban J connectivity index is 1.34. The topological polar surface area (TPSA) is 77.2 Å². The van der Waals surface area contributed by atoms with Crippen molar-refractivity contribution in [3.05, 3.63) is 60.4 Å². The van der Waals surface area contributed by atoms with E-state index >= 15 is 0 Å². The van der Waals surface area contributed by atoms with Crippen LogP contribution in [0.15, 0.2) is 53.3 Å². The van der Waals surface area contributed by atoms with Crippen LogP contribution >= 0.6 is 0 Å². The van der Waals surface area contributed by atoms with Gasteiger partial charge < -0.3 is 14.2 Å². The van der Waals surface area contributed by atoms with E-state index in [1.54, 1.807) is 13.2 Å². The molecule has 152 valence electrons. The number of para-hydroxylation sites is 2. The lowest BCUT2D eigenvalue weighted by Gasteiger charge is -2.32. The molecule has 4 aromatic rings. The van der Waals surface area contributed by atoms with Crippen molar-refractivity contribution in [1.29, 1.82) is 0 Å². The number of benzene rings is 2. The van der Waals surface area contributed by atoms with E-state index in [-0.39, 0.29) is 11.7 Å². The number of anilines is 1. The van der Waals surface area contributed by atoms with Crippen molar-refractivity contribution in [2.75, 3.05) is 25.1 Å². The maximum absolute atomic E-state index is 14.1. The Labute approximate surface area is 172 Å². The minimum Gasteiger partial charge on any atom is -0.496 e. The van der Waals surface area contributed by atoms with Crippen LogP contribution in [-0.4, -0.2) is 40.3 Å². The molecule has 0 saturated carbocycles. The second-order valence-electron chi connectivity index (χ2n) is 7.25. The fraction of sp³-hybridized carbons (Fsp3) is 0.273. The number of hydrogen-bond donors (Lipinski definition) is 0. The lowest BCUT2D eigenvalue weighted by atomic mass is 9.96. The van der Waals surface area contributed by atoms with E-state index in [4.69, 9.17) is 9.26 Å². The molecule has 5 rings (SSSR count). The highest BCUT2D eigenvalue weighted by Crippen LogP contribution is 2.34. The molecule has 0 unspecified atom stereocenters. The predicted molar refractivity (Wildman–Crippen MR) is 110 cm³/mol. The summed E-state index contributed by atoms with van der Waals surface area (Å²) in [6.45, 7) is 1.54. The maximum Gasteiger partial charge on any atom is 0.261 e. The summed E-state index contributed by atoms with van der Waals surface area (Å²) in [5.74, 6) is 2.49. The van der Waals surface area contributed by atoms with Crippen molar-refractivity contribution >= 4 is 16.7 Å². The quantitative estimate of drug-likeness (QED) is 0.503. The molecule has 0 N–H and O–H groups in total. The molecule has 30 heavy (non-hydrogen) atoms. The molecule has 3 heterocycles. The highest BCUT2D eigenvalue weighted by Gasteiger charge is 2.27. The first kappa shape index (κ1) is 18.5. The Kier molecular flexibility index (Phi) is 4.74. The Morgan fingerprint density at radius 3 is 2.73 bits per heavy atom. The van der Waals surface area contributed by atoms with E-state index in [1.165, 1.54) is 12.4 Å². The molecule has 0 bridgehead atoms.